The van der Waals surface area contributed by atoms with Gasteiger partial charge in [0.05, 0.1) is 26.4 Å². The van der Waals surface area contributed by atoms with Crippen LogP contribution in [0.3, 0.4) is 0 Å². The molecule has 2 aliphatic heterocycles. The fourth-order valence-corrected chi connectivity index (χ4v) is 6.77. The number of aromatic nitrogens is 1. The summed E-state index contributed by atoms with van der Waals surface area (Å²) in [4.78, 5) is 15.5. The van der Waals surface area contributed by atoms with Gasteiger partial charge in [-0.05, 0) is 26.3 Å². The van der Waals surface area contributed by atoms with Crippen LogP contribution in [0, 0.1) is 12.8 Å². The van der Waals surface area contributed by atoms with Crippen LogP contribution in [0.1, 0.15) is 43.4 Å². The van der Waals surface area contributed by atoms with E-state index in [-0.39, 0.29) is 11.3 Å². The first-order valence-electron chi connectivity index (χ1n) is 8.95. The number of aryl methyl sites for hydroxylation is 1. The van der Waals surface area contributed by atoms with Gasteiger partial charge in [-0.2, -0.15) is 0 Å². The number of benzene rings is 1. The third-order valence-electron chi connectivity index (χ3n) is 5.77. The second kappa shape index (κ2) is 6.07. The van der Waals surface area contributed by atoms with E-state index in [4.69, 9.17) is 16.7 Å². The van der Waals surface area contributed by atoms with Gasteiger partial charge in [0, 0.05) is 12.3 Å². The van der Waals surface area contributed by atoms with Gasteiger partial charge in [-0.1, -0.05) is 54.6 Å². The van der Waals surface area contributed by atoms with Gasteiger partial charge in [0.25, 0.3) is 0 Å². The summed E-state index contributed by atoms with van der Waals surface area (Å²) in [6.45, 7) is 7.85. The van der Waals surface area contributed by atoms with Gasteiger partial charge in [0.15, 0.2) is 5.54 Å². The van der Waals surface area contributed by atoms with E-state index in [1.165, 1.54) is 0 Å². The van der Waals surface area contributed by atoms with Crippen molar-refractivity contribution in [2.75, 3.05) is 0 Å². The second-order valence-electron chi connectivity index (χ2n) is 7.76. The molecule has 2 fully saturated rings. The van der Waals surface area contributed by atoms with E-state index in [1.807, 2.05) is 56.0 Å². The molecule has 0 unspecified atom stereocenters. The minimum Gasteiger partial charge on any atom is -0.479 e. The Labute approximate surface area is 168 Å². The lowest BCUT2D eigenvalue weighted by atomic mass is 9.73. The Kier molecular flexibility index (Phi) is 4.16. The summed E-state index contributed by atoms with van der Waals surface area (Å²) >= 11 is 7.28. The molecule has 1 aromatic heterocycles. The van der Waals surface area contributed by atoms with Gasteiger partial charge >= 0.3 is 5.97 Å². The molecule has 4 rings (SSSR count). The fourth-order valence-electron chi connectivity index (χ4n) is 4.47. The van der Waals surface area contributed by atoms with Crippen molar-refractivity contribution in [2.24, 2.45) is 5.92 Å². The van der Waals surface area contributed by atoms with Crippen LogP contribution in [0.15, 0.2) is 34.9 Å². The van der Waals surface area contributed by atoms with Gasteiger partial charge < -0.3 is 14.5 Å². The van der Waals surface area contributed by atoms with Crippen LogP contribution in [-0.4, -0.2) is 36.2 Å². The molecule has 27 heavy (non-hydrogen) atoms. The van der Waals surface area contributed by atoms with Crippen LogP contribution in [0.5, 0.6) is 0 Å². The number of carbonyl (C=O) groups is 1. The maximum Gasteiger partial charge on any atom is 0.336 e. The van der Waals surface area contributed by atoms with Crippen molar-refractivity contribution in [2.45, 2.75) is 49.8 Å². The lowest BCUT2D eigenvalue weighted by Crippen LogP contribution is -2.67. The molecule has 7 heteroatoms. The average Bonchev–Trinajstić information content (AvgIpc) is 3.08. The molecule has 5 nitrogen and oxygen atoms in total. The first-order valence-corrected chi connectivity index (χ1v) is 10.2. The second-order valence-corrected chi connectivity index (χ2v) is 9.92. The van der Waals surface area contributed by atoms with E-state index in [1.54, 1.807) is 11.8 Å². The number of carboxylic acid groups (broad SMARTS) is 1. The van der Waals surface area contributed by atoms with Crippen molar-refractivity contribution >= 4 is 34.9 Å². The fraction of sp³-hybridized carbons (Fsp3) is 0.450. The van der Waals surface area contributed by atoms with Gasteiger partial charge in [-0.3, -0.25) is 0 Å². The molecule has 1 aromatic carbocycles. The summed E-state index contributed by atoms with van der Waals surface area (Å²) in [5.41, 5.74) is 1.02. The number of hydrogen-bond donors (Lipinski definition) is 1. The number of aliphatic carboxylic acids is 1. The third-order valence-corrected chi connectivity index (χ3v) is 8.08. The minimum atomic E-state index is -1.29. The van der Waals surface area contributed by atoms with Crippen LogP contribution in [0.4, 0.5) is 0 Å². The number of thiocarbonyl (C=S) groups is 1. The zero-order chi connectivity index (χ0) is 19.6. The Morgan fingerprint density at radius 2 is 2.04 bits per heavy atom. The molecule has 1 N–H and O–H groups in total. The van der Waals surface area contributed by atoms with Gasteiger partial charge in [0.2, 0.25) is 0 Å². The van der Waals surface area contributed by atoms with E-state index >= 15 is 0 Å². The molecule has 0 spiro atoms. The van der Waals surface area contributed by atoms with Crippen LogP contribution >= 0.6 is 24.0 Å². The van der Waals surface area contributed by atoms with Crippen LogP contribution in [0.2, 0.25) is 0 Å². The zero-order valence-corrected chi connectivity index (χ0v) is 17.4. The normalized spacial score (nSPS) is 28.7. The van der Waals surface area contributed by atoms with Gasteiger partial charge in [0.1, 0.15) is 5.76 Å². The molecule has 2 aromatic rings. The molecule has 0 amide bonds. The van der Waals surface area contributed by atoms with Gasteiger partial charge in [-0.15, -0.1) is 11.8 Å². The van der Waals surface area contributed by atoms with Crippen LogP contribution in [0.25, 0.3) is 0 Å². The zero-order valence-electron chi connectivity index (χ0n) is 15.7. The Hall–Kier alpha value is -1.86. The topological polar surface area (TPSA) is 66.6 Å². The SMILES string of the molecule is Cc1noc(Cc2ccccc2)c1[C@@]1(C(=O)O)N2C(=S)[C@@H](C)[C@H]2SC1(C)C. The molecule has 2 aliphatic rings. The number of nitrogens with zero attached hydrogens (tertiary/aromatic N) is 2. The highest BCUT2D eigenvalue weighted by molar-refractivity contribution is 8.01. The monoisotopic (exact) mass is 402 g/mol. The molecule has 0 bridgehead atoms. The summed E-state index contributed by atoms with van der Waals surface area (Å²) < 4.78 is 5.06. The standard InChI is InChI=1S/C20H22N2O3S2/c1-11-16(26)22-17(11)27-19(3,4)20(22,18(23)24)15-12(2)21-25-14(15)10-13-8-6-5-7-9-13/h5-9,11,17H,10H2,1-4H3,(H,23,24)/t11-,17-,20+/m1/s1. The molecule has 0 radical (unpaired) electrons. The number of rotatable bonds is 4. The van der Waals surface area contributed by atoms with Crippen molar-refractivity contribution in [1.82, 2.24) is 10.1 Å². The minimum absolute atomic E-state index is 0.0578. The number of carboxylic acids is 1. The quantitative estimate of drug-likeness (QED) is 0.776. The maximum atomic E-state index is 12.9. The van der Waals surface area contributed by atoms with Crippen molar-refractivity contribution in [1.29, 1.82) is 0 Å². The lowest BCUT2D eigenvalue weighted by molar-refractivity contribution is -0.152. The van der Waals surface area contributed by atoms with E-state index in [9.17, 15) is 9.90 Å². The molecular formula is C20H22N2O3S2. The summed E-state index contributed by atoms with van der Waals surface area (Å²) in [5, 5.41) is 14.7. The highest BCUT2D eigenvalue weighted by Gasteiger charge is 2.72. The van der Waals surface area contributed by atoms with Crippen molar-refractivity contribution in [3.05, 3.63) is 52.9 Å². The highest BCUT2D eigenvalue weighted by Crippen LogP contribution is 2.64. The largest absolute Gasteiger partial charge is 0.479 e. The predicted octanol–water partition coefficient (Wildman–Crippen LogP) is 3.98. The van der Waals surface area contributed by atoms with Crippen molar-refractivity contribution < 1.29 is 14.4 Å². The van der Waals surface area contributed by atoms with Crippen LogP contribution in [-0.2, 0) is 16.8 Å². The van der Waals surface area contributed by atoms with E-state index in [2.05, 4.69) is 12.1 Å². The lowest BCUT2D eigenvalue weighted by Gasteiger charge is -2.51. The maximum absolute atomic E-state index is 12.9. The molecule has 0 aliphatic carbocycles. The van der Waals surface area contributed by atoms with E-state index in [0.717, 1.165) is 5.56 Å². The first kappa shape index (κ1) is 18.5. The van der Waals surface area contributed by atoms with Crippen molar-refractivity contribution in [3.63, 3.8) is 0 Å². The Morgan fingerprint density at radius 1 is 1.37 bits per heavy atom. The predicted molar refractivity (Wildman–Crippen MR) is 109 cm³/mol. The molecule has 0 saturated carbocycles. The summed E-state index contributed by atoms with van der Waals surface area (Å²) in [5.74, 6) is -0.127. The highest BCUT2D eigenvalue weighted by atomic mass is 32.2. The van der Waals surface area contributed by atoms with Gasteiger partial charge in [-0.25, -0.2) is 4.79 Å². The molecule has 2 saturated heterocycles. The molecule has 3 atom stereocenters. The average molecular weight is 403 g/mol. The molecule has 142 valence electrons. The van der Waals surface area contributed by atoms with E-state index < -0.39 is 16.3 Å². The Balaban J connectivity index is 1.91. The van der Waals surface area contributed by atoms with E-state index in [0.29, 0.717) is 28.4 Å². The summed E-state index contributed by atoms with van der Waals surface area (Å²) in [6, 6.07) is 9.88. The smallest absolute Gasteiger partial charge is 0.336 e. The number of fused-ring (bicyclic) bond motifs is 1. The molecule has 3 heterocycles. The van der Waals surface area contributed by atoms with Crippen LogP contribution < -0.4 is 0 Å². The third kappa shape index (κ3) is 2.34. The molecular weight excluding hydrogens is 380 g/mol. The Morgan fingerprint density at radius 3 is 2.67 bits per heavy atom. The number of thioether (sulfide) groups is 1. The Bertz CT molecular complexity index is 925. The first-order chi connectivity index (χ1) is 12.7. The summed E-state index contributed by atoms with van der Waals surface area (Å²) in [6.07, 6.45) is 0.494. The number of hydrogen-bond acceptors (Lipinski definition) is 5. The van der Waals surface area contributed by atoms with Crippen molar-refractivity contribution in [3.8, 4) is 0 Å². The summed E-state index contributed by atoms with van der Waals surface area (Å²) in [7, 11) is 0.